The number of fused-ring (bicyclic) bond motifs is 1. The van der Waals surface area contributed by atoms with E-state index in [-0.39, 0.29) is 41.4 Å². The SMILES string of the molecule is O=C(O)c1c(Cl)ccc2cc(Cl)cnc12.Oc1c(Cl)c(Cl)c(Cl)c(Cl)c1Cl. The highest BCUT2D eigenvalue weighted by atomic mass is 35.5. The molecule has 0 saturated carbocycles. The minimum atomic E-state index is -1.10. The van der Waals surface area contributed by atoms with Crippen molar-refractivity contribution in [2.45, 2.75) is 0 Å². The number of aromatic hydroxyl groups is 1. The highest BCUT2D eigenvalue weighted by molar-refractivity contribution is 6.55. The number of phenolic OH excluding ortho intramolecular Hbond substituents is 1. The van der Waals surface area contributed by atoms with Crippen molar-refractivity contribution in [3.05, 3.63) is 65.1 Å². The van der Waals surface area contributed by atoms with Crippen LogP contribution in [0.3, 0.4) is 0 Å². The summed E-state index contributed by atoms with van der Waals surface area (Å²) in [6.07, 6.45) is 1.40. The number of aromatic carboxylic acids is 1. The van der Waals surface area contributed by atoms with Crippen LogP contribution in [0.2, 0.25) is 35.2 Å². The zero-order chi connectivity index (χ0) is 20.5. The van der Waals surface area contributed by atoms with Crippen LogP contribution in [0.25, 0.3) is 10.9 Å². The number of rotatable bonds is 1. The van der Waals surface area contributed by atoms with Crippen molar-refractivity contribution < 1.29 is 15.0 Å². The maximum absolute atomic E-state index is 11.0. The zero-order valence-electron chi connectivity index (χ0n) is 12.7. The number of hydrogen-bond acceptors (Lipinski definition) is 3. The van der Waals surface area contributed by atoms with Crippen molar-refractivity contribution in [3.63, 3.8) is 0 Å². The van der Waals surface area contributed by atoms with Crippen LogP contribution in [0.15, 0.2) is 24.4 Å². The fraction of sp³-hybridized carbons (Fsp3) is 0. The molecule has 0 aliphatic heterocycles. The molecule has 3 rings (SSSR count). The molecule has 0 aliphatic rings. The van der Waals surface area contributed by atoms with E-state index in [1.54, 1.807) is 12.1 Å². The number of hydrogen-bond donors (Lipinski definition) is 2. The van der Waals surface area contributed by atoms with Gasteiger partial charge in [0.05, 0.1) is 30.6 Å². The van der Waals surface area contributed by atoms with E-state index in [1.807, 2.05) is 0 Å². The van der Waals surface area contributed by atoms with Crippen molar-refractivity contribution in [1.29, 1.82) is 0 Å². The van der Waals surface area contributed by atoms with Gasteiger partial charge in [0, 0.05) is 11.6 Å². The normalized spacial score (nSPS) is 10.5. The molecule has 0 bridgehead atoms. The molecule has 2 aromatic carbocycles. The predicted molar refractivity (Wildman–Crippen MR) is 112 cm³/mol. The van der Waals surface area contributed by atoms with E-state index < -0.39 is 5.97 Å². The first-order valence-corrected chi connectivity index (χ1v) is 9.38. The molecule has 0 radical (unpaired) electrons. The Bertz CT molecular complexity index is 951. The number of carbonyl (C=O) groups is 1. The van der Waals surface area contributed by atoms with Crippen LogP contribution in [0.4, 0.5) is 0 Å². The number of pyridine rings is 1. The van der Waals surface area contributed by atoms with Gasteiger partial charge in [0.25, 0.3) is 0 Å². The Hall–Kier alpha value is -0.850. The number of benzene rings is 2. The molecule has 0 saturated heterocycles. The van der Waals surface area contributed by atoms with Gasteiger partial charge in [-0.1, -0.05) is 87.3 Å². The topological polar surface area (TPSA) is 70.4 Å². The third kappa shape index (κ3) is 4.77. The van der Waals surface area contributed by atoms with E-state index in [4.69, 9.17) is 86.3 Å². The lowest BCUT2D eigenvalue weighted by atomic mass is 10.1. The summed E-state index contributed by atoms with van der Waals surface area (Å²) < 4.78 is 0. The van der Waals surface area contributed by atoms with Crippen LogP contribution < -0.4 is 0 Å². The maximum Gasteiger partial charge on any atom is 0.339 e. The van der Waals surface area contributed by atoms with Crippen molar-refractivity contribution in [2.75, 3.05) is 0 Å². The number of carboxylic acids is 1. The standard InChI is InChI=1S/C10H5Cl2NO2.C6HCl5O/c11-6-3-5-1-2-7(12)8(10(14)15)9(5)13-4-6;7-1-2(8)4(10)6(12)5(11)3(1)9/h1-4H,(H,14,15);12H. The molecule has 0 fully saturated rings. The molecular weight excluding hydrogens is 502 g/mol. The van der Waals surface area contributed by atoms with Gasteiger partial charge in [-0.3, -0.25) is 4.98 Å². The number of carboxylic acid groups (broad SMARTS) is 1. The summed E-state index contributed by atoms with van der Waals surface area (Å²) in [5, 5.41) is 19.3. The van der Waals surface area contributed by atoms with Crippen LogP contribution in [0.5, 0.6) is 5.75 Å². The summed E-state index contributed by atoms with van der Waals surface area (Å²) in [6.45, 7) is 0. The molecule has 0 unspecified atom stereocenters. The van der Waals surface area contributed by atoms with Crippen molar-refractivity contribution >= 4 is 98.1 Å². The fourth-order valence-electron chi connectivity index (χ4n) is 1.95. The largest absolute Gasteiger partial charge is 0.505 e. The first kappa shape index (κ1) is 22.4. The lowest BCUT2D eigenvalue weighted by Gasteiger charge is -2.06. The smallest absolute Gasteiger partial charge is 0.339 e. The van der Waals surface area contributed by atoms with Gasteiger partial charge in [0.2, 0.25) is 0 Å². The van der Waals surface area contributed by atoms with Gasteiger partial charge >= 0.3 is 5.97 Å². The van der Waals surface area contributed by atoms with Gasteiger partial charge in [-0.15, -0.1) is 0 Å². The summed E-state index contributed by atoms with van der Waals surface area (Å²) in [6, 6.07) is 4.85. The lowest BCUT2D eigenvalue weighted by molar-refractivity contribution is 0.0699. The van der Waals surface area contributed by atoms with Crippen LogP contribution in [-0.2, 0) is 0 Å². The molecule has 142 valence electrons. The Morgan fingerprint density at radius 2 is 1.37 bits per heavy atom. The van der Waals surface area contributed by atoms with Crippen molar-refractivity contribution in [3.8, 4) is 5.75 Å². The molecule has 0 atom stereocenters. The van der Waals surface area contributed by atoms with Gasteiger partial charge in [-0.2, -0.15) is 0 Å². The van der Waals surface area contributed by atoms with Crippen LogP contribution in [0, 0.1) is 0 Å². The summed E-state index contributed by atoms with van der Waals surface area (Å²) in [4.78, 5) is 14.9. The molecule has 2 N–H and O–H groups in total. The monoisotopic (exact) mass is 505 g/mol. The maximum atomic E-state index is 11.0. The summed E-state index contributed by atoms with van der Waals surface area (Å²) in [5.41, 5.74) is 0.352. The van der Waals surface area contributed by atoms with E-state index >= 15 is 0 Å². The second-order valence-electron chi connectivity index (χ2n) is 4.87. The average Bonchev–Trinajstić information content (AvgIpc) is 2.63. The van der Waals surface area contributed by atoms with Crippen molar-refractivity contribution in [2.24, 2.45) is 0 Å². The highest BCUT2D eigenvalue weighted by Gasteiger charge is 2.18. The Morgan fingerprint density at radius 3 is 1.89 bits per heavy atom. The molecule has 27 heavy (non-hydrogen) atoms. The third-order valence-corrected chi connectivity index (χ3v) is 5.95. The molecular formula is C16H6Cl7NO3. The Kier molecular flexibility index (Phi) is 7.56. The number of phenols is 1. The molecule has 0 amide bonds. The van der Waals surface area contributed by atoms with Crippen LogP contribution in [-0.4, -0.2) is 21.2 Å². The minimum Gasteiger partial charge on any atom is -0.505 e. The van der Waals surface area contributed by atoms with E-state index in [1.165, 1.54) is 12.3 Å². The quantitative estimate of drug-likeness (QED) is 0.259. The van der Waals surface area contributed by atoms with E-state index in [0.29, 0.717) is 15.9 Å². The van der Waals surface area contributed by atoms with Crippen LogP contribution >= 0.6 is 81.2 Å². The molecule has 4 nitrogen and oxygen atoms in total. The summed E-state index contributed by atoms with van der Waals surface area (Å²) >= 11 is 39.4. The summed E-state index contributed by atoms with van der Waals surface area (Å²) in [7, 11) is 0. The average molecular weight is 508 g/mol. The molecule has 0 aliphatic carbocycles. The Morgan fingerprint density at radius 1 is 0.852 bits per heavy atom. The molecule has 3 aromatic rings. The van der Waals surface area contributed by atoms with Gasteiger partial charge < -0.3 is 10.2 Å². The van der Waals surface area contributed by atoms with E-state index in [2.05, 4.69) is 4.98 Å². The van der Waals surface area contributed by atoms with Crippen LogP contribution in [0.1, 0.15) is 10.4 Å². The molecule has 0 spiro atoms. The number of nitrogens with zero attached hydrogens (tertiary/aromatic N) is 1. The highest BCUT2D eigenvalue weighted by Crippen LogP contribution is 2.47. The predicted octanol–water partition coefficient (Wildman–Crippen LogP) is 7.90. The Balaban J connectivity index is 0.000000199. The molecule has 11 heteroatoms. The minimum absolute atomic E-state index is 0.00540. The van der Waals surface area contributed by atoms with E-state index in [0.717, 1.165) is 0 Å². The third-order valence-electron chi connectivity index (χ3n) is 3.17. The van der Waals surface area contributed by atoms with Gasteiger partial charge in [-0.05, 0) is 12.1 Å². The Labute approximate surface area is 188 Å². The lowest BCUT2D eigenvalue weighted by Crippen LogP contribution is -2.00. The number of halogens is 7. The molecule has 1 heterocycles. The van der Waals surface area contributed by atoms with Gasteiger partial charge in [0.1, 0.15) is 15.6 Å². The zero-order valence-corrected chi connectivity index (χ0v) is 18.0. The van der Waals surface area contributed by atoms with E-state index in [9.17, 15) is 9.90 Å². The first-order chi connectivity index (χ1) is 12.6. The second-order valence-corrected chi connectivity index (χ2v) is 7.60. The van der Waals surface area contributed by atoms with Crippen molar-refractivity contribution in [1.82, 2.24) is 4.98 Å². The first-order valence-electron chi connectivity index (χ1n) is 6.73. The van der Waals surface area contributed by atoms with Gasteiger partial charge in [0.15, 0.2) is 5.75 Å². The van der Waals surface area contributed by atoms with Gasteiger partial charge in [-0.25, -0.2) is 4.79 Å². The summed E-state index contributed by atoms with van der Waals surface area (Å²) in [5.74, 6) is -1.46. The number of aromatic nitrogens is 1. The second kappa shape index (κ2) is 9.10. The molecule has 1 aromatic heterocycles. The fourth-order valence-corrected chi connectivity index (χ4v) is 3.48.